The van der Waals surface area contributed by atoms with Crippen LogP contribution in [0.1, 0.15) is 37.0 Å². The Kier molecular flexibility index (Phi) is 4.04. The topological polar surface area (TPSA) is 38.3 Å². The zero-order valence-corrected chi connectivity index (χ0v) is 12.9. The van der Waals surface area contributed by atoms with Gasteiger partial charge in [-0.25, -0.2) is 0 Å². The minimum absolute atomic E-state index is 0.00474. The molecule has 2 aromatic heterocycles. The van der Waals surface area contributed by atoms with Crippen LogP contribution in [-0.2, 0) is 6.42 Å². The summed E-state index contributed by atoms with van der Waals surface area (Å²) in [4.78, 5) is 0. The Morgan fingerprint density at radius 1 is 1.19 bits per heavy atom. The molecule has 2 heterocycles. The highest BCUT2D eigenvalue weighted by molar-refractivity contribution is 6.31. The van der Waals surface area contributed by atoms with Crippen LogP contribution in [-0.4, -0.2) is 6.54 Å². The highest BCUT2D eigenvalue weighted by Crippen LogP contribution is 2.31. The van der Waals surface area contributed by atoms with Gasteiger partial charge in [-0.15, -0.1) is 0 Å². The van der Waals surface area contributed by atoms with Crippen LogP contribution in [0.4, 0.5) is 0 Å². The number of furan rings is 2. The van der Waals surface area contributed by atoms with Crippen LogP contribution in [0, 0.1) is 0 Å². The minimum atomic E-state index is -0.00474. The van der Waals surface area contributed by atoms with Crippen molar-refractivity contribution in [1.82, 2.24) is 5.32 Å². The third-order valence-corrected chi connectivity index (χ3v) is 3.84. The van der Waals surface area contributed by atoms with Crippen molar-refractivity contribution in [1.29, 1.82) is 0 Å². The van der Waals surface area contributed by atoms with Gasteiger partial charge in [-0.1, -0.05) is 25.4 Å². The van der Waals surface area contributed by atoms with Gasteiger partial charge in [0.15, 0.2) is 0 Å². The van der Waals surface area contributed by atoms with Crippen LogP contribution in [0.25, 0.3) is 11.0 Å². The van der Waals surface area contributed by atoms with E-state index in [1.54, 1.807) is 6.26 Å². The molecular weight excluding hydrogens is 286 g/mol. The first-order valence-corrected chi connectivity index (χ1v) is 7.59. The SMILES string of the molecule is CCNC(c1cc2cc(Cl)ccc2o1)c1ccoc1CC. The summed E-state index contributed by atoms with van der Waals surface area (Å²) in [5.41, 5.74) is 1.98. The Labute approximate surface area is 128 Å². The normalized spacial score (nSPS) is 12.9. The van der Waals surface area contributed by atoms with E-state index in [4.69, 9.17) is 20.4 Å². The molecule has 4 heteroatoms. The van der Waals surface area contributed by atoms with E-state index in [1.165, 1.54) is 0 Å². The maximum Gasteiger partial charge on any atom is 0.134 e. The monoisotopic (exact) mass is 303 g/mol. The van der Waals surface area contributed by atoms with Crippen LogP contribution >= 0.6 is 11.6 Å². The predicted octanol–water partition coefficient (Wildman–Crippen LogP) is 4.94. The quantitative estimate of drug-likeness (QED) is 0.725. The van der Waals surface area contributed by atoms with Crippen molar-refractivity contribution >= 4 is 22.6 Å². The number of fused-ring (bicyclic) bond motifs is 1. The summed E-state index contributed by atoms with van der Waals surface area (Å²) in [5.74, 6) is 1.87. The Morgan fingerprint density at radius 3 is 2.81 bits per heavy atom. The molecule has 1 unspecified atom stereocenters. The number of benzene rings is 1. The van der Waals surface area contributed by atoms with Gasteiger partial charge < -0.3 is 14.2 Å². The lowest BCUT2D eigenvalue weighted by atomic mass is 10.0. The van der Waals surface area contributed by atoms with Crippen molar-refractivity contribution < 1.29 is 8.83 Å². The number of rotatable bonds is 5. The van der Waals surface area contributed by atoms with Crippen molar-refractivity contribution in [3.63, 3.8) is 0 Å². The second-order valence-electron chi connectivity index (χ2n) is 4.97. The standard InChI is InChI=1S/C17H18ClNO2/c1-3-14-13(7-8-20-14)17(19-4-2)16-10-11-9-12(18)5-6-15(11)21-16/h5-10,17,19H,3-4H2,1-2H3. The molecule has 1 N–H and O–H groups in total. The summed E-state index contributed by atoms with van der Waals surface area (Å²) in [5, 5.41) is 5.20. The Morgan fingerprint density at radius 2 is 2.05 bits per heavy atom. The summed E-state index contributed by atoms with van der Waals surface area (Å²) < 4.78 is 11.6. The highest BCUT2D eigenvalue weighted by atomic mass is 35.5. The van der Waals surface area contributed by atoms with Crippen molar-refractivity contribution in [2.75, 3.05) is 6.54 Å². The molecule has 0 aliphatic carbocycles. The molecule has 3 nitrogen and oxygen atoms in total. The largest absolute Gasteiger partial charge is 0.469 e. The molecule has 110 valence electrons. The summed E-state index contributed by atoms with van der Waals surface area (Å²) in [6, 6.07) is 9.71. The van der Waals surface area contributed by atoms with E-state index in [2.05, 4.69) is 19.2 Å². The molecule has 0 aliphatic heterocycles. The minimum Gasteiger partial charge on any atom is -0.469 e. The molecule has 1 atom stereocenters. The molecule has 3 rings (SSSR count). The molecule has 0 spiro atoms. The van der Waals surface area contributed by atoms with E-state index in [0.717, 1.165) is 41.0 Å². The van der Waals surface area contributed by atoms with E-state index in [-0.39, 0.29) is 6.04 Å². The van der Waals surface area contributed by atoms with Gasteiger partial charge >= 0.3 is 0 Å². The fourth-order valence-electron chi connectivity index (χ4n) is 2.64. The second kappa shape index (κ2) is 5.96. The fraction of sp³-hybridized carbons (Fsp3) is 0.294. The first-order chi connectivity index (χ1) is 10.2. The molecule has 3 aromatic rings. The van der Waals surface area contributed by atoms with E-state index in [0.29, 0.717) is 5.02 Å². The first kappa shape index (κ1) is 14.2. The Balaban J connectivity index is 2.06. The van der Waals surface area contributed by atoms with Gasteiger partial charge in [0.2, 0.25) is 0 Å². The number of aryl methyl sites for hydroxylation is 1. The molecule has 0 aliphatic rings. The van der Waals surface area contributed by atoms with Crippen molar-refractivity contribution in [2.24, 2.45) is 0 Å². The van der Waals surface area contributed by atoms with E-state index < -0.39 is 0 Å². The van der Waals surface area contributed by atoms with Gasteiger partial charge in [0.1, 0.15) is 17.1 Å². The van der Waals surface area contributed by atoms with E-state index >= 15 is 0 Å². The van der Waals surface area contributed by atoms with Gasteiger partial charge in [-0.3, -0.25) is 0 Å². The lowest BCUT2D eigenvalue weighted by Gasteiger charge is -2.15. The maximum atomic E-state index is 6.04. The summed E-state index contributed by atoms with van der Waals surface area (Å²) in [7, 11) is 0. The average Bonchev–Trinajstić information content (AvgIpc) is 3.10. The highest BCUT2D eigenvalue weighted by Gasteiger charge is 2.22. The lowest BCUT2D eigenvalue weighted by Crippen LogP contribution is -2.22. The zero-order valence-electron chi connectivity index (χ0n) is 12.2. The molecule has 0 fully saturated rings. The molecule has 0 bridgehead atoms. The second-order valence-corrected chi connectivity index (χ2v) is 5.41. The average molecular weight is 304 g/mol. The van der Waals surface area contributed by atoms with Crippen molar-refractivity contribution in [2.45, 2.75) is 26.3 Å². The molecule has 0 amide bonds. The van der Waals surface area contributed by atoms with E-state index in [1.807, 2.05) is 30.3 Å². The number of halogens is 1. The zero-order chi connectivity index (χ0) is 14.8. The van der Waals surface area contributed by atoms with Crippen LogP contribution in [0.3, 0.4) is 0 Å². The molecule has 0 saturated heterocycles. The molecule has 21 heavy (non-hydrogen) atoms. The summed E-state index contributed by atoms with van der Waals surface area (Å²) in [6.45, 7) is 5.01. The van der Waals surface area contributed by atoms with Gasteiger partial charge in [0, 0.05) is 22.4 Å². The maximum absolute atomic E-state index is 6.04. The van der Waals surface area contributed by atoms with Crippen LogP contribution < -0.4 is 5.32 Å². The van der Waals surface area contributed by atoms with Crippen LogP contribution in [0.15, 0.2) is 45.4 Å². The summed E-state index contributed by atoms with van der Waals surface area (Å²) >= 11 is 6.04. The summed E-state index contributed by atoms with van der Waals surface area (Å²) in [6.07, 6.45) is 2.59. The molecular formula is C17H18ClNO2. The lowest BCUT2D eigenvalue weighted by molar-refractivity contribution is 0.460. The molecule has 0 saturated carbocycles. The smallest absolute Gasteiger partial charge is 0.134 e. The first-order valence-electron chi connectivity index (χ1n) is 7.21. The van der Waals surface area contributed by atoms with E-state index in [9.17, 15) is 0 Å². The Bertz CT molecular complexity index is 744. The fourth-order valence-corrected chi connectivity index (χ4v) is 2.82. The number of hydrogen-bond acceptors (Lipinski definition) is 3. The van der Waals surface area contributed by atoms with Gasteiger partial charge in [0.05, 0.1) is 12.3 Å². The third kappa shape index (κ3) is 2.71. The Hall–Kier alpha value is -1.71. The van der Waals surface area contributed by atoms with Gasteiger partial charge in [-0.2, -0.15) is 0 Å². The number of nitrogens with one attached hydrogen (secondary N) is 1. The third-order valence-electron chi connectivity index (χ3n) is 3.60. The molecule has 1 aromatic carbocycles. The van der Waals surface area contributed by atoms with Crippen LogP contribution in [0.2, 0.25) is 5.02 Å². The van der Waals surface area contributed by atoms with Crippen LogP contribution in [0.5, 0.6) is 0 Å². The van der Waals surface area contributed by atoms with Crippen molar-refractivity contribution in [3.05, 3.63) is 58.7 Å². The molecule has 0 radical (unpaired) electrons. The van der Waals surface area contributed by atoms with Crippen molar-refractivity contribution in [3.8, 4) is 0 Å². The number of hydrogen-bond donors (Lipinski definition) is 1. The predicted molar refractivity (Wildman–Crippen MR) is 84.8 cm³/mol. The van der Waals surface area contributed by atoms with Gasteiger partial charge in [-0.05, 0) is 36.9 Å². The van der Waals surface area contributed by atoms with Gasteiger partial charge in [0.25, 0.3) is 0 Å².